The van der Waals surface area contributed by atoms with E-state index in [0.29, 0.717) is 28.5 Å². The van der Waals surface area contributed by atoms with Crippen LogP contribution in [0.1, 0.15) is 33.8 Å². The number of piperidine rings is 1. The van der Waals surface area contributed by atoms with Crippen molar-refractivity contribution in [3.05, 3.63) is 40.6 Å². The molecule has 9 heteroatoms. The van der Waals surface area contributed by atoms with Gasteiger partial charge in [-0.15, -0.1) is 11.3 Å². The van der Waals surface area contributed by atoms with Crippen molar-refractivity contribution in [3.63, 3.8) is 0 Å². The number of hydrogen-bond acceptors (Lipinski definition) is 5. The van der Waals surface area contributed by atoms with E-state index in [-0.39, 0.29) is 23.1 Å². The van der Waals surface area contributed by atoms with Crippen molar-refractivity contribution in [2.24, 2.45) is 11.7 Å². The summed E-state index contributed by atoms with van der Waals surface area (Å²) < 4.78 is 43.0. The lowest BCUT2D eigenvalue weighted by Gasteiger charge is -2.32. The fourth-order valence-corrected chi connectivity index (χ4v) is 4.04. The summed E-state index contributed by atoms with van der Waals surface area (Å²) in [6.07, 6.45) is -2.87. The molecule has 2 aromatic heterocycles. The number of amides is 1. The third kappa shape index (κ3) is 3.48. The first-order valence-electron chi connectivity index (χ1n) is 8.05. The quantitative estimate of drug-likeness (QED) is 0.865. The fraction of sp³-hybridized carbons (Fsp3) is 0.412. The zero-order valence-electron chi connectivity index (χ0n) is 14.1. The summed E-state index contributed by atoms with van der Waals surface area (Å²) in [7, 11) is 0. The topological polar surface area (TPSA) is 72.4 Å². The minimum Gasteiger partial charge on any atom is -0.402 e. The average Bonchev–Trinajstić information content (AvgIpc) is 3.20. The van der Waals surface area contributed by atoms with Gasteiger partial charge in [-0.1, -0.05) is 11.7 Å². The molecule has 1 atom stereocenters. The van der Waals surface area contributed by atoms with E-state index in [0.717, 1.165) is 24.2 Å². The summed E-state index contributed by atoms with van der Waals surface area (Å²) in [5.41, 5.74) is 6.34. The number of carbonyl (C=O) groups is 1. The highest BCUT2D eigenvalue weighted by Gasteiger charge is 2.39. The molecule has 0 bridgehead atoms. The van der Waals surface area contributed by atoms with Gasteiger partial charge in [-0.2, -0.15) is 13.2 Å². The number of nitrogens with two attached hydrogens (primary N) is 1. The SMILES string of the molecule is C=C(N)[C@H]1CCCN(C(=O)c2ccc(-c3noc(C(F)(F)F)c3C)s2)C1. The maximum Gasteiger partial charge on any atom is 0.452 e. The molecule has 1 fully saturated rings. The molecule has 0 aromatic carbocycles. The lowest BCUT2D eigenvalue weighted by atomic mass is 9.95. The molecule has 3 heterocycles. The maximum absolute atomic E-state index is 12.8. The molecular formula is C17H18F3N3O2S. The van der Waals surface area contributed by atoms with Crippen molar-refractivity contribution in [2.75, 3.05) is 13.1 Å². The van der Waals surface area contributed by atoms with Crippen molar-refractivity contribution in [2.45, 2.75) is 25.9 Å². The fourth-order valence-electron chi connectivity index (χ4n) is 3.03. The molecule has 2 N–H and O–H groups in total. The number of likely N-dealkylation sites (tertiary alicyclic amines) is 1. The Hall–Kier alpha value is -2.29. The third-order valence-corrected chi connectivity index (χ3v) is 5.54. The molecule has 140 valence electrons. The van der Waals surface area contributed by atoms with Crippen LogP contribution in [0, 0.1) is 12.8 Å². The van der Waals surface area contributed by atoms with Crippen LogP contribution in [-0.2, 0) is 6.18 Å². The number of hydrogen-bond donors (Lipinski definition) is 1. The van der Waals surface area contributed by atoms with Crippen LogP contribution in [0.4, 0.5) is 13.2 Å². The summed E-state index contributed by atoms with van der Waals surface area (Å²) in [5, 5.41) is 3.54. The predicted octanol–water partition coefficient (Wildman–Crippen LogP) is 4.05. The van der Waals surface area contributed by atoms with Crippen LogP contribution in [0.25, 0.3) is 10.6 Å². The van der Waals surface area contributed by atoms with E-state index in [2.05, 4.69) is 16.3 Å². The van der Waals surface area contributed by atoms with Crippen molar-refractivity contribution >= 4 is 17.2 Å². The molecule has 0 aliphatic carbocycles. The number of alkyl halides is 3. The predicted molar refractivity (Wildman–Crippen MR) is 91.5 cm³/mol. The first-order valence-corrected chi connectivity index (χ1v) is 8.87. The van der Waals surface area contributed by atoms with Crippen LogP contribution in [0.5, 0.6) is 0 Å². The van der Waals surface area contributed by atoms with Gasteiger partial charge in [0.1, 0.15) is 5.69 Å². The van der Waals surface area contributed by atoms with Gasteiger partial charge >= 0.3 is 6.18 Å². The molecule has 3 rings (SSSR count). The van der Waals surface area contributed by atoms with Crippen LogP contribution < -0.4 is 5.73 Å². The van der Waals surface area contributed by atoms with Crippen molar-refractivity contribution in [3.8, 4) is 10.6 Å². The molecule has 0 saturated carbocycles. The zero-order valence-corrected chi connectivity index (χ0v) is 14.9. The van der Waals surface area contributed by atoms with Gasteiger partial charge < -0.3 is 15.2 Å². The normalized spacial score (nSPS) is 18.2. The van der Waals surface area contributed by atoms with E-state index in [1.807, 2.05) is 0 Å². The Morgan fingerprint density at radius 3 is 2.81 bits per heavy atom. The summed E-state index contributed by atoms with van der Waals surface area (Å²) >= 11 is 1.10. The molecule has 1 saturated heterocycles. The van der Waals surface area contributed by atoms with E-state index in [4.69, 9.17) is 5.73 Å². The summed E-state index contributed by atoms with van der Waals surface area (Å²) in [5.74, 6) is -1.21. The number of carbonyl (C=O) groups excluding carboxylic acids is 1. The Kier molecular flexibility index (Phi) is 4.83. The number of nitrogens with zero attached hydrogens (tertiary/aromatic N) is 2. The lowest BCUT2D eigenvalue weighted by molar-refractivity contribution is -0.156. The second-order valence-electron chi connectivity index (χ2n) is 6.31. The average molecular weight is 385 g/mol. The molecule has 1 aliphatic heterocycles. The van der Waals surface area contributed by atoms with Crippen LogP contribution in [0.2, 0.25) is 0 Å². The van der Waals surface area contributed by atoms with Crippen LogP contribution >= 0.6 is 11.3 Å². The van der Waals surface area contributed by atoms with E-state index in [1.54, 1.807) is 17.0 Å². The van der Waals surface area contributed by atoms with E-state index >= 15 is 0 Å². The second-order valence-corrected chi connectivity index (χ2v) is 7.40. The Labute approximate surface area is 152 Å². The first-order chi connectivity index (χ1) is 12.2. The molecule has 0 unspecified atom stereocenters. The molecule has 1 amide bonds. The largest absolute Gasteiger partial charge is 0.452 e. The Balaban J connectivity index is 1.81. The number of aromatic nitrogens is 1. The Morgan fingerprint density at radius 2 is 2.19 bits per heavy atom. The molecular weight excluding hydrogens is 367 g/mol. The van der Waals surface area contributed by atoms with Crippen molar-refractivity contribution in [1.29, 1.82) is 0 Å². The molecule has 1 aliphatic rings. The minimum absolute atomic E-state index is 0.0688. The maximum atomic E-state index is 12.8. The van der Waals surface area contributed by atoms with E-state index < -0.39 is 11.9 Å². The molecule has 5 nitrogen and oxygen atoms in total. The zero-order chi connectivity index (χ0) is 19.1. The van der Waals surface area contributed by atoms with E-state index in [1.165, 1.54) is 6.92 Å². The van der Waals surface area contributed by atoms with Crippen molar-refractivity contribution in [1.82, 2.24) is 10.1 Å². The highest BCUT2D eigenvalue weighted by Crippen LogP contribution is 2.38. The number of thiophene rings is 1. The highest BCUT2D eigenvalue weighted by atomic mass is 32.1. The smallest absolute Gasteiger partial charge is 0.402 e. The molecule has 0 radical (unpaired) electrons. The Morgan fingerprint density at radius 1 is 1.46 bits per heavy atom. The summed E-state index contributed by atoms with van der Waals surface area (Å²) in [6, 6.07) is 3.19. The highest BCUT2D eigenvalue weighted by molar-refractivity contribution is 7.17. The Bertz CT molecular complexity index is 841. The number of rotatable bonds is 3. The van der Waals surface area contributed by atoms with Gasteiger partial charge in [0, 0.05) is 30.3 Å². The van der Waals surface area contributed by atoms with Crippen LogP contribution in [-0.4, -0.2) is 29.1 Å². The van der Waals surface area contributed by atoms with Gasteiger partial charge in [0.25, 0.3) is 5.91 Å². The van der Waals surface area contributed by atoms with Gasteiger partial charge in [0.05, 0.1) is 9.75 Å². The molecule has 0 spiro atoms. The van der Waals surface area contributed by atoms with Gasteiger partial charge in [0.2, 0.25) is 5.76 Å². The molecule has 26 heavy (non-hydrogen) atoms. The van der Waals surface area contributed by atoms with Gasteiger partial charge in [-0.25, -0.2) is 0 Å². The summed E-state index contributed by atoms with van der Waals surface area (Å²) in [6.45, 7) is 6.18. The van der Waals surface area contributed by atoms with Crippen molar-refractivity contribution < 1.29 is 22.5 Å². The van der Waals surface area contributed by atoms with Gasteiger partial charge in [0.15, 0.2) is 0 Å². The minimum atomic E-state index is -4.60. The monoisotopic (exact) mass is 385 g/mol. The molecule has 2 aromatic rings. The van der Waals surface area contributed by atoms with Crippen LogP contribution in [0.15, 0.2) is 28.9 Å². The van der Waals surface area contributed by atoms with Crippen LogP contribution in [0.3, 0.4) is 0 Å². The van der Waals surface area contributed by atoms with E-state index in [9.17, 15) is 18.0 Å². The van der Waals surface area contributed by atoms with Gasteiger partial charge in [-0.05, 0) is 31.9 Å². The van der Waals surface area contributed by atoms with Gasteiger partial charge in [-0.3, -0.25) is 4.79 Å². The number of halogens is 3. The lowest BCUT2D eigenvalue weighted by Crippen LogP contribution is -2.40. The third-order valence-electron chi connectivity index (χ3n) is 4.46. The summed E-state index contributed by atoms with van der Waals surface area (Å²) in [4.78, 5) is 15.3. The second kappa shape index (κ2) is 6.79. The standard InChI is InChI=1S/C17H18F3N3O2S/c1-9-14(22-25-15(9)17(18,19)20)12-5-6-13(26-12)16(24)23-7-3-4-11(8-23)10(2)21/h5-6,11H,2-4,7-8,21H2,1H3/t11-/m0/s1. The first kappa shape index (κ1) is 18.5.